The van der Waals surface area contributed by atoms with Crippen LogP contribution in [0.3, 0.4) is 0 Å². The van der Waals surface area contributed by atoms with Gasteiger partial charge in [0.15, 0.2) is 0 Å². The van der Waals surface area contributed by atoms with Crippen LogP contribution in [0.1, 0.15) is 43.0 Å². The average molecular weight is 245 g/mol. The lowest BCUT2D eigenvalue weighted by Gasteiger charge is -2.16. The molecule has 98 valence electrons. The van der Waals surface area contributed by atoms with Crippen molar-refractivity contribution in [2.45, 2.75) is 38.1 Å². The largest absolute Gasteiger partial charge is 0.309 e. The van der Waals surface area contributed by atoms with Crippen LogP contribution < -0.4 is 5.32 Å². The van der Waals surface area contributed by atoms with Crippen LogP contribution in [0.5, 0.6) is 0 Å². The molecule has 1 aliphatic heterocycles. The number of likely N-dealkylation sites (tertiary alicyclic amines) is 1. The van der Waals surface area contributed by atoms with Gasteiger partial charge in [-0.15, -0.1) is 0 Å². The second-order valence-corrected chi connectivity index (χ2v) is 5.50. The average Bonchev–Trinajstić information content (AvgIpc) is 3.04. The monoisotopic (exact) mass is 245 g/mol. The highest BCUT2D eigenvalue weighted by Crippen LogP contribution is 2.28. The SMILES string of the molecule is c1cnc2c(c1)CCC2NCCCN1CCCC1. The Morgan fingerprint density at radius 1 is 1.33 bits per heavy atom. The van der Waals surface area contributed by atoms with Crippen LogP contribution in [0, 0.1) is 0 Å². The molecule has 18 heavy (non-hydrogen) atoms. The van der Waals surface area contributed by atoms with E-state index in [-0.39, 0.29) is 0 Å². The molecule has 1 fully saturated rings. The number of rotatable bonds is 5. The molecule has 2 aliphatic rings. The van der Waals surface area contributed by atoms with Crippen molar-refractivity contribution in [1.29, 1.82) is 0 Å². The Kier molecular flexibility index (Phi) is 3.91. The van der Waals surface area contributed by atoms with Gasteiger partial charge in [-0.2, -0.15) is 0 Å². The standard InChI is InChI=1S/C15H23N3/c1-2-11-18(10-1)12-4-9-16-14-7-6-13-5-3-8-17-15(13)14/h3,5,8,14,16H,1-2,4,6-7,9-12H2. The number of aryl methyl sites for hydroxylation is 1. The summed E-state index contributed by atoms with van der Waals surface area (Å²) >= 11 is 0. The molecule has 2 heterocycles. The van der Waals surface area contributed by atoms with Gasteiger partial charge in [-0.1, -0.05) is 6.07 Å². The molecule has 1 aromatic rings. The normalized spacial score (nSPS) is 23.4. The van der Waals surface area contributed by atoms with Crippen molar-refractivity contribution in [3.05, 3.63) is 29.6 Å². The number of aromatic nitrogens is 1. The van der Waals surface area contributed by atoms with Gasteiger partial charge in [-0.3, -0.25) is 4.98 Å². The minimum absolute atomic E-state index is 0.500. The van der Waals surface area contributed by atoms with E-state index in [0.717, 1.165) is 6.54 Å². The summed E-state index contributed by atoms with van der Waals surface area (Å²) in [6.07, 6.45) is 8.38. The summed E-state index contributed by atoms with van der Waals surface area (Å²) in [5, 5.41) is 3.67. The van der Waals surface area contributed by atoms with Gasteiger partial charge in [-0.05, 0) is 69.9 Å². The van der Waals surface area contributed by atoms with Crippen LogP contribution in [0.15, 0.2) is 18.3 Å². The van der Waals surface area contributed by atoms with Crippen molar-refractivity contribution in [3.63, 3.8) is 0 Å². The number of hydrogen-bond acceptors (Lipinski definition) is 3. The molecule has 3 heteroatoms. The predicted octanol–water partition coefficient (Wildman–Crippen LogP) is 2.14. The fourth-order valence-electron chi connectivity index (χ4n) is 3.20. The van der Waals surface area contributed by atoms with Crippen molar-refractivity contribution in [1.82, 2.24) is 15.2 Å². The molecule has 1 saturated heterocycles. The van der Waals surface area contributed by atoms with E-state index in [9.17, 15) is 0 Å². The number of pyridine rings is 1. The molecule has 3 nitrogen and oxygen atoms in total. The van der Waals surface area contributed by atoms with E-state index >= 15 is 0 Å². The van der Waals surface area contributed by atoms with E-state index in [1.165, 1.54) is 63.0 Å². The summed E-state index contributed by atoms with van der Waals surface area (Å²) in [5.41, 5.74) is 2.73. The molecular formula is C15H23N3. The van der Waals surface area contributed by atoms with Crippen LogP contribution in [-0.2, 0) is 6.42 Å². The quantitative estimate of drug-likeness (QED) is 0.806. The van der Waals surface area contributed by atoms with Crippen LogP contribution in [0.2, 0.25) is 0 Å². The Labute approximate surface area is 110 Å². The summed E-state index contributed by atoms with van der Waals surface area (Å²) in [6, 6.07) is 4.77. The highest BCUT2D eigenvalue weighted by Gasteiger charge is 2.22. The molecule has 0 spiro atoms. The lowest BCUT2D eigenvalue weighted by molar-refractivity contribution is 0.327. The maximum atomic E-state index is 4.52. The van der Waals surface area contributed by atoms with Crippen LogP contribution in [-0.4, -0.2) is 36.1 Å². The molecule has 0 saturated carbocycles. The van der Waals surface area contributed by atoms with E-state index < -0.39 is 0 Å². The van der Waals surface area contributed by atoms with E-state index in [2.05, 4.69) is 27.3 Å². The summed E-state index contributed by atoms with van der Waals surface area (Å²) in [6.45, 7) is 5.01. The molecule has 1 atom stereocenters. The van der Waals surface area contributed by atoms with Crippen LogP contribution in [0.4, 0.5) is 0 Å². The molecule has 1 aromatic heterocycles. The third kappa shape index (κ3) is 2.73. The first-order valence-corrected chi connectivity index (χ1v) is 7.33. The molecule has 0 aromatic carbocycles. The number of nitrogens with zero attached hydrogens (tertiary/aromatic N) is 2. The molecule has 3 rings (SSSR count). The lowest BCUT2D eigenvalue weighted by atomic mass is 10.2. The number of hydrogen-bond donors (Lipinski definition) is 1. The second kappa shape index (κ2) is 5.81. The predicted molar refractivity (Wildman–Crippen MR) is 73.6 cm³/mol. The Morgan fingerprint density at radius 2 is 2.22 bits per heavy atom. The van der Waals surface area contributed by atoms with Gasteiger partial charge in [-0.25, -0.2) is 0 Å². The van der Waals surface area contributed by atoms with E-state index in [4.69, 9.17) is 0 Å². The summed E-state index contributed by atoms with van der Waals surface area (Å²) in [4.78, 5) is 7.11. The Hall–Kier alpha value is -0.930. The van der Waals surface area contributed by atoms with Gasteiger partial charge < -0.3 is 10.2 Å². The molecule has 0 bridgehead atoms. The maximum absolute atomic E-state index is 4.52. The van der Waals surface area contributed by atoms with Crippen molar-refractivity contribution >= 4 is 0 Å². The van der Waals surface area contributed by atoms with E-state index in [0.29, 0.717) is 6.04 Å². The van der Waals surface area contributed by atoms with Gasteiger partial charge in [0.2, 0.25) is 0 Å². The third-order valence-electron chi connectivity index (χ3n) is 4.20. The Bertz CT molecular complexity index is 385. The third-order valence-corrected chi connectivity index (χ3v) is 4.20. The topological polar surface area (TPSA) is 28.2 Å². The van der Waals surface area contributed by atoms with Crippen molar-refractivity contribution in [2.24, 2.45) is 0 Å². The van der Waals surface area contributed by atoms with E-state index in [1.54, 1.807) is 0 Å². The minimum atomic E-state index is 0.500. The van der Waals surface area contributed by atoms with Crippen LogP contribution >= 0.6 is 0 Å². The van der Waals surface area contributed by atoms with Gasteiger partial charge in [0.25, 0.3) is 0 Å². The van der Waals surface area contributed by atoms with Crippen molar-refractivity contribution in [2.75, 3.05) is 26.2 Å². The first-order valence-electron chi connectivity index (χ1n) is 7.33. The van der Waals surface area contributed by atoms with Crippen LogP contribution in [0.25, 0.3) is 0 Å². The molecule has 1 aliphatic carbocycles. The first kappa shape index (κ1) is 12.1. The summed E-state index contributed by atoms with van der Waals surface area (Å²) < 4.78 is 0. The maximum Gasteiger partial charge on any atom is 0.0605 e. The minimum Gasteiger partial charge on any atom is -0.309 e. The number of nitrogens with one attached hydrogen (secondary N) is 1. The Morgan fingerprint density at radius 3 is 3.11 bits per heavy atom. The highest BCUT2D eigenvalue weighted by molar-refractivity contribution is 5.27. The Balaban J connectivity index is 1.41. The van der Waals surface area contributed by atoms with E-state index in [1.807, 2.05) is 6.20 Å². The smallest absolute Gasteiger partial charge is 0.0605 e. The summed E-state index contributed by atoms with van der Waals surface area (Å²) in [5.74, 6) is 0. The lowest BCUT2D eigenvalue weighted by Crippen LogP contribution is -2.26. The molecule has 1 N–H and O–H groups in total. The number of fused-ring (bicyclic) bond motifs is 1. The molecular weight excluding hydrogens is 222 g/mol. The van der Waals surface area contributed by atoms with Gasteiger partial charge in [0.1, 0.15) is 0 Å². The molecule has 0 radical (unpaired) electrons. The zero-order valence-electron chi connectivity index (χ0n) is 11.1. The van der Waals surface area contributed by atoms with Gasteiger partial charge >= 0.3 is 0 Å². The summed E-state index contributed by atoms with van der Waals surface area (Å²) in [7, 11) is 0. The zero-order chi connectivity index (χ0) is 12.2. The fraction of sp³-hybridized carbons (Fsp3) is 0.667. The highest BCUT2D eigenvalue weighted by atomic mass is 15.1. The first-order chi connectivity index (χ1) is 8.93. The molecule has 0 amide bonds. The fourth-order valence-corrected chi connectivity index (χ4v) is 3.20. The second-order valence-electron chi connectivity index (χ2n) is 5.50. The van der Waals surface area contributed by atoms with Gasteiger partial charge in [0, 0.05) is 6.20 Å². The van der Waals surface area contributed by atoms with Crippen molar-refractivity contribution < 1.29 is 0 Å². The molecule has 1 unspecified atom stereocenters. The zero-order valence-corrected chi connectivity index (χ0v) is 11.1. The van der Waals surface area contributed by atoms with Crippen molar-refractivity contribution in [3.8, 4) is 0 Å². The van der Waals surface area contributed by atoms with Gasteiger partial charge in [0.05, 0.1) is 11.7 Å².